The highest BCUT2D eigenvalue weighted by molar-refractivity contribution is 5.94. The first kappa shape index (κ1) is 12.6. The fourth-order valence-electron chi connectivity index (χ4n) is 2.23. The molecule has 1 aromatic carbocycles. The summed E-state index contributed by atoms with van der Waals surface area (Å²) in [5.41, 5.74) is 4.56. The molecule has 1 heterocycles. The van der Waals surface area contributed by atoms with Crippen LogP contribution in [0.4, 0.5) is 0 Å². The van der Waals surface area contributed by atoms with Crippen LogP contribution < -0.4 is 0 Å². The molecule has 0 unspecified atom stereocenters. The first-order valence-corrected chi connectivity index (χ1v) is 6.36. The Morgan fingerprint density at radius 2 is 2.00 bits per heavy atom. The number of rotatable bonds is 4. The Morgan fingerprint density at radius 3 is 2.67 bits per heavy atom. The number of hydrogen-bond acceptors (Lipinski definition) is 1. The van der Waals surface area contributed by atoms with Crippen LogP contribution in [-0.2, 0) is 13.0 Å². The van der Waals surface area contributed by atoms with Gasteiger partial charge in [0.25, 0.3) is 0 Å². The van der Waals surface area contributed by atoms with Gasteiger partial charge >= 0.3 is 0 Å². The molecule has 2 aromatic rings. The molecule has 0 atom stereocenters. The van der Waals surface area contributed by atoms with Crippen molar-refractivity contribution in [2.45, 2.75) is 33.7 Å². The number of aromatic nitrogens is 1. The monoisotopic (exact) mass is 241 g/mol. The number of carbonyl (C=O) groups excluding carboxylic acids is 1. The van der Waals surface area contributed by atoms with E-state index in [0.717, 1.165) is 18.5 Å². The van der Waals surface area contributed by atoms with E-state index in [1.165, 1.54) is 17.0 Å². The van der Waals surface area contributed by atoms with Gasteiger partial charge in [-0.25, -0.2) is 0 Å². The Hall–Kier alpha value is -1.83. The first-order chi connectivity index (χ1) is 8.61. The molecule has 94 valence electrons. The Balaban J connectivity index is 2.31. The van der Waals surface area contributed by atoms with E-state index in [1.54, 1.807) is 6.92 Å². The van der Waals surface area contributed by atoms with Gasteiger partial charge in [0, 0.05) is 23.5 Å². The summed E-state index contributed by atoms with van der Waals surface area (Å²) in [6.45, 7) is 6.73. The predicted molar refractivity (Wildman–Crippen MR) is 74.1 cm³/mol. The van der Waals surface area contributed by atoms with Crippen molar-refractivity contribution in [1.82, 2.24) is 4.57 Å². The fourth-order valence-corrected chi connectivity index (χ4v) is 2.23. The summed E-state index contributed by atoms with van der Waals surface area (Å²) in [6.07, 6.45) is 1.03. The average Bonchev–Trinajstić information content (AvgIpc) is 2.71. The third kappa shape index (κ3) is 2.53. The maximum Gasteiger partial charge on any atom is 0.159 e. The zero-order valence-electron chi connectivity index (χ0n) is 11.2. The van der Waals surface area contributed by atoms with E-state index < -0.39 is 0 Å². The quantitative estimate of drug-likeness (QED) is 0.749. The molecule has 0 saturated heterocycles. The standard InChI is InChI=1S/C16H19NO/c1-4-16-9-8-12(2)17(16)11-14-6-5-7-15(10-14)13(3)18/h5-10H,4,11H2,1-3H3. The molecule has 1 aromatic heterocycles. The van der Waals surface area contributed by atoms with E-state index in [0.29, 0.717) is 0 Å². The van der Waals surface area contributed by atoms with Crippen molar-refractivity contribution >= 4 is 5.78 Å². The lowest BCUT2D eigenvalue weighted by Gasteiger charge is -2.11. The maximum absolute atomic E-state index is 11.4. The minimum absolute atomic E-state index is 0.122. The zero-order valence-corrected chi connectivity index (χ0v) is 11.2. The van der Waals surface area contributed by atoms with Crippen molar-refractivity contribution in [3.05, 3.63) is 58.9 Å². The first-order valence-electron chi connectivity index (χ1n) is 6.36. The Kier molecular flexibility index (Phi) is 3.66. The van der Waals surface area contributed by atoms with Crippen LogP contribution >= 0.6 is 0 Å². The molecule has 0 N–H and O–H groups in total. The van der Waals surface area contributed by atoms with E-state index in [4.69, 9.17) is 0 Å². The maximum atomic E-state index is 11.4. The van der Waals surface area contributed by atoms with Gasteiger partial charge in [-0.1, -0.05) is 25.1 Å². The summed E-state index contributed by atoms with van der Waals surface area (Å²) in [5.74, 6) is 0.122. The van der Waals surface area contributed by atoms with Crippen molar-refractivity contribution in [2.75, 3.05) is 0 Å². The molecule has 0 amide bonds. The van der Waals surface area contributed by atoms with E-state index in [-0.39, 0.29) is 5.78 Å². The topological polar surface area (TPSA) is 22.0 Å². The van der Waals surface area contributed by atoms with Crippen molar-refractivity contribution in [3.8, 4) is 0 Å². The van der Waals surface area contributed by atoms with Crippen LogP contribution in [-0.4, -0.2) is 10.4 Å². The fraction of sp³-hybridized carbons (Fsp3) is 0.312. The smallest absolute Gasteiger partial charge is 0.159 e. The Bertz CT molecular complexity index is 566. The molecule has 0 aliphatic carbocycles. The molecule has 2 heteroatoms. The second kappa shape index (κ2) is 5.21. The van der Waals surface area contributed by atoms with Crippen LogP contribution in [0.1, 0.15) is 41.2 Å². The van der Waals surface area contributed by atoms with Gasteiger partial charge in [0.2, 0.25) is 0 Å². The highest BCUT2D eigenvalue weighted by Crippen LogP contribution is 2.14. The van der Waals surface area contributed by atoms with Crippen molar-refractivity contribution in [3.63, 3.8) is 0 Å². The van der Waals surface area contributed by atoms with Gasteiger partial charge in [-0.15, -0.1) is 0 Å². The number of benzene rings is 1. The number of nitrogens with zero attached hydrogens (tertiary/aromatic N) is 1. The van der Waals surface area contributed by atoms with E-state index >= 15 is 0 Å². The van der Waals surface area contributed by atoms with Gasteiger partial charge in [0.15, 0.2) is 5.78 Å². The number of ketones is 1. The number of Topliss-reactive ketones (excluding diaryl/α,β-unsaturated/α-hetero) is 1. The van der Waals surface area contributed by atoms with Gasteiger partial charge in [-0.3, -0.25) is 4.79 Å². The van der Waals surface area contributed by atoms with E-state index in [2.05, 4.69) is 36.6 Å². The van der Waals surface area contributed by atoms with Gasteiger partial charge in [0.1, 0.15) is 0 Å². The third-order valence-corrected chi connectivity index (χ3v) is 3.33. The van der Waals surface area contributed by atoms with Crippen molar-refractivity contribution in [2.24, 2.45) is 0 Å². The predicted octanol–water partition coefficient (Wildman–Crippen LogP) is 3.61. The third-order valence-electron chi connectivity index (χ3n) is 3.33. The van der Waals surface area contributed by atoms with Gasteiger partial charge in [-0.2, -0.15) is 0 Å². The van der Waals surface area contributed by atoms with Gasteiger partial charge in [0.05, 0.1) is 0 Å². The summed E-state index contributed by atoms with van der Waals surface area (Å²) >= 11 is 0. The van der Waals surface area contributed by atoms with Crippen LogP contribution in [0.5, 0.6) is 0 Å². The lowest BCUT2D eigenvalue weighted by Crippen LogP contribution is -2.06. The summed E-state index contributed by atoms with van der Waals surface area (Å²) in [5, 5.41) is 0. The molecule has 0 aliphatic heterocycles. The second-order valence-corrected chi connectivity index (χ2v) is 4.66. The molecule has 0 spiro atoms. The zero-order chi connectivity index (χ0) is 13.1. The Morgan fingerprint density at radius 1 is 1.22 bits per heavy atom. The van der Waals surface area contributed by atoms with Crippen LogP contribution in [0.3, 0.4) is 0 Å². The summed E-state index contributed by atoms with van der Waals surface area (Å²) < 4.78 is 2.30. The lowest BCUT2D eigenvalue weighted by atomic mass is 10.1. The van der Waals surface area contributed by atoms with Crippen LogP contribution in [0, 0.1) is 6.92 Å². The summed E-state index contributed by atoms with van der Waals surface area (Å²) in [7, 11) is 0. The molecule has 18 heavy (non-hydrogen) atoms. The van der Waals surface area contributed by atoms with Crippen molar-refractivity contribution in [1.29, 1.82) is 0 Å². The van der Waals surface area contributed by atoms with Gasteiger partial charge in [-0.05, 0) is 44.0 Å². The van der Waals surface area contributed by atoms with Gasteiger partial charge < -0.3 is 4.57 Å². The molecule has 2 nitrogen and oxygen atoms in total. The highest BCUT2D eigenvalue weighted by atomic mass is 16.1. The second-order valence-electron chi connectivity index (χ2n) is 4.66. The minimum Gasteiger partial charge on any atom is -0.345 e. The molecule has 0 bridgehead atoms. The highest BCUT2D eigenvalue weighted by Gasteiger charge is 2.05. The summed E-state index contributed by atoms with van der Waals surface area (Å²) in [4.78, 5) is 11.4. The molecular weight excluding hydrogens is 222 g/mol. The normalized spacial score (nSPS) is 10.6. The molecular formula is C16H19NO. The van der Waals surface area contributed by atoms with E-state index in [9.17, 15) is 4.79 Å². The molecule has 0 fully saturated rings. The van der Waals surface area contributed by atoms with Crippen LogP contribution in [0.15, 0.2) is 36.4 Å². The average molecular weight is 241 g/mol. The minimum atomic E-state index is 0.122. The van der Waals surface area contributed by atoms with Crippen LogP contribution in [0.25, 0.3) is 0 Å². The number of hydrogen-bond donors (Lipinski definition) is 0. The lowest BCUT2D eigenvalue weighted by molar-refractivity contribution is 0.101. The largest absolute Gasteiger partial charge is 0.345 e. The van der Waals surface area contributed by atoms with Crippen molar-refractivity contribution < 1.29 is 4.79 Å². The molecule has 0 saturated carbocycles. The SMILES string of the molecule is CCc1ccc(C)n1Cc1cccc(C(C)=O)c1. The van der Waals surface area contributed by atoms with E-state index in [1.807, 2.05) is 18.2 Å². The molecule has 0 radical (unpaired) electrons. The molecule has 2 rings (SSSR count). The summed E-state index contributed by atoms with van der Waals surface area (Å²) in [6, 6.07) is 12.2. The molecule has 0 aliphatic rings. The number of carbonyl (C=O) groups is 1. The van der Waals surface area contributed by atoms with Crippen LogP contribution in [0.2, 0.25) is 0 Å². The Labute approximate surface area is 108 Å². The number of aryl methyl sites for hydroxylation is 2.